The lowest BCUT2D eigenvalue weighted by Gasteiger charge is -2.32. The van der Waals surface area contributed by atoms with Gasteiger partial charge in [-0.1, -0.05) is 51.1 Å². The number of nitrogens with one attached hydrogen (secondary N) is 2. The van der Waals surface area contributed by atoms with Crippen molar-refractivity contribution >= 4 is 11.8 Å². The number of aromatic amines is 1. The number of carbonyl (C=O) groups excluding carboxylic acids is 2. The maximum absolute atomic E-state index is 12.6. The van der Waals surface area contributed by atoms with Crippen LogP contribution in [0.4, 0.5) is 0 Å². The number of benzene rings is 1. The lowest BCUT2D eigenvalue weighted by atomic mass is 9.92. The van der Waals surface area contributed by atoms with Crippen molar-refractivity contribution in [1.82, 2.24) is 20.4 Å². The molecule has 1 saturated heterocycles. The summed E-state index contributed by atoms with van der Waals surface area (Å²) >= 11 is 0. The van der Waals surface area contributed by atoms with Gasteiger partial charge in [0.1, 0.15) is 0 Å². The highest BCUT2D eigenvalue weighted by Crippen LogP contribution is 2.21. The summed E-state index contributed by atoms with van der Waals surface area (Å²) in [5, 5.41) is 10.3. The van der Waals surface area contributed by atoms with Crippen LogP contribution < -0.4 is 5.32 Å². The molecule has 6 nitrogen and oxygen atoms in total. The van der Waals surface area contributed by atoms with Crippen LogP contribution in [0.1, 0.15) is 50.6 Å². The van der Waals surface area contributed by atoms with Crippen molar-refractivity contribution in [2.24, 2.45) is 5.92 Å². The smallest absolute Gasteiger partial charge is 0.225 e. The molecule has 2 heterocycles. The van der Waals surface area contributed by atoms with Gasteiger partial charge in [-0.3, -0.25) is 14.7 Å². The number of rotatable bonds is 6. The zero-order valence-corrected chi connectivity index (χ0v) is 17.0. The first-order chi connectivity index (χ1) is 13.3. The molecule has 28 heavy (non-hydrogen) atoms. The number of amides is 2. The molecule has 1 aliphatic heterocycles. The van der Waals surface area contributed by atoms with E-state index in [1.54, 1.807) is 0 Å². The second-order valence-corrected chi connectivity index (χ2v) is 8.56. The highest BCUT2D eigenvalue weighted by Gasteiger charge is 2.30. The first kappa shape index (κ1) is 20.1. The van der Waals surface area contributed by atoms with Gasteiger partial charge in [0, 0.05) is 24.9 Å². The van der Waals surface area contributed by atoms with E-state index in [1.165, 1.54) is 5.56 Å². The molecule has 1 aromatic heterocycles. The Labute approximate surface area is 166 Å². The second-order valence-electron chi connectivity index (χ2n) is 8.56. The summed E-state index contributed by atoms with van der Waals surface area (Å²) in [6.45, 7) is 7.89. The topological polar surface area (TPSA) is 78.1 Å². The van der Waals surface area contributed by atoms with E-state index in [1.807, 2.05) is 29.2 Å². The van der Waals surface area contributed by atoms with Gasteiger partial charge in [0.05, 0.1) is 23.9 Å². The first-order valence-electron chi connectivity index (χ1n) is 9.97. The van der Waals surface area contributed by atoms with Gasteiger partial charge in [0.15, 0.2) is 0 Å². The maximum Gasteiger partial charge on any atom is 0.225 e. The summed E-state index contributed by atoms with van der Waals surface area (Å²) in [5.74, 6) is -0.00836. The van der Waals surface area contributed by atoms with Crippen molar-refractivity contribution in [2.45, 2.75) is 52.0 Å². The van der Waals surface area contributed by atoms with Gasteiger partial charge >= 0.3 is 0 Å². The maximum atomic E-state index is 12.6. The van der Waals surface area contributed by atoms with Crippen molar-refractivity contribution in [1.29, 1.82) is 0 Å². The molecule has 2 N–H and O–H groups in total. The zero-order valence-electron chi connectivity index (χ0n) is 17.0. The normalized spacial score (nSPS) is 17.6. The highest BCUT2D eigenvalue weighted by molar-refractivity contribution is 5.83. The van der Waals surface area contributed by atoms with Crippen molar-refractivity contribution in [3.05, 3.63) is 53.3 Å². The number of nitrogens with zero attached hydrogens (tertiary/aromatic N) is 2. The van der Waals surface area contributed by atoms with Crippen LogP contribution in [0.3, 0.4) is 0 Å². The van der Waals surface area contributed by atoms with E-state index in [4.69, 9.17) is 0 Å². The summed E-state index contributed by atoms with van der Waals surface area (Å²) < 4.78 is 0. The third-order valence-corrected chi connectivity index (χ3v) is 5.24. The van der Waals surface area contributed by atoms with Gasteiger partial charge in [-0.15, -0.1) is 0 Å². The molecule has 0 unspecified atom stereocenters. The van der Waals surface area contributed by atoms with Crippen LogP contribution in [0, 0.1) is 5.92 Å². The summed E-state index contributed by atoms with van der Waals surface area (Å²) in [5.41, 5.74) is 3.05. The number of hydrogen-bond acceptors (Lipinski definition) is 3. The average molecular weight is 383 g/mol. The molecule has 2 amide bonds. The van der Waals surface area contributed by atoms with Crippen LogP contribution in [0.2, 0.25) is 0 Å². The summed E-state index contributed by atoms with van der Waals surface area (Å²) in [6.07, 6.45) is 1.86. The Kier molecular flexibility index (Phi) is 6.17. The molecule has 150 valence electrons. The zero-order chi connectivity index (χ0) is 20.1. The quantitative estimate of drug-likeness (QED) is 0.806. The van der Waals surface area contributed by atoms with E-state index in [-0.39, 0.29) is 23.1 Å². The summed E-state index contributed by atoms with van der Waals surface area (Å²) in [4.78, 5) is 26.7. The first-order valence-corrected chi connectivity index (χ1v) is 9.97. The van der Waals surface area contributed by atoms with Crippen LogP contribution in [-0.2, 0) is 28.0 Å². The van der Waals surface area contributed by atoms with Crippen molar-refractivity contribution < 1.29 is 9.59 Å². The van der Waals surface area contributed by atoms with Crippen LogP contribution in [-0.4, -0.2) is 40.0 Å². The SMILES string of the molecule is CC(C)(C)c1cc(CNC(=O)[C@H]2CCC(=O)N(CCc3ccccc3)C2)[nH]n1. The predicted molar refractivity (Wildman–Crippen MR) is 109 cm³/mol. The van der Waals surface area contributed by atoms with E-state index in [0.717, 1.165) is 17.8 Å². The molecule has 1 aromatic carbocycles. The Morgan fingerprint density at radius 2 is 2.04 bits per heavy atom. The monoisotopic (exact) mass is 382 g/mol. The fourth-order valence-electron chi connectivity index (χ4n) is 3.42. The molecule has 3 rings (SSSR count). The minimum Gasteiger partial charge on any atom is -0.350 e. The van der Waals surface area contributed by atoms with Crippen molar-refractivity contribution in [3.63, 3.8) is 0 Å². The number of carbonyl (C=O) groups is 2. The Balaban J connectivity index is 1.50. The van der Waals surface area contributed by atoms with Crippen LogP contribution >= 0.6 is 0 Å². The fourth-order valence-corrected chi connectivity index (χ4v) is 3.42. The van der Waals surface area contributed by atoms with Gasteiger partial charge in [-0.05, 0) is 24.5 Å². The Morgan fingerprint density at radius 1 is 1.29 bits per heavy atom. The van der Waals surface area contributed by atoms with Gasteiger partial charge in [-0.25, -0.2) is 0 Å². The Morgan fingerprint density at radius 3 is 2.71 bits per heavy atom. The molecular formula is C22H30N4O2. The molecule has 1 fully saturated rings. The second kappa shape index (κ2) is 8.59. The standard InChI is InChI=1S/C22H30N4O2/c1-22(2,3)19-13-18(24-25-19)14-23-21(28)17-9-10-20(27)26(15-17)12-11-16-7-5-4-6-8-16/h4-8,13,17H,9-12,14-15H2,1-3H3,(H,23,28)(H,24,25)/t17-/m0/s1. The lowest BCUT2D eigenvalue weighted by molar-refractivity contribution is -0.138. The largest absolute Gasteiger partial charge is 0.350 e. The third-order valence-electron chi connectivity index (χ3n) is 5.24. The van der Waals surface area contributed by atoms with Crippen LogP contribution in [0.15, 0.2) is 36.4 Å². The van der Waals surface area contributed by atoms with Crippen LogP contribution in [0.5, 0.6) is 0 Å². The highest BCUT2D eigenvalue weighted by atomic mass is 16.2. The summed E-state index contributed by atoms with van der Waals surface area (Å²) in [7, 11) is 0. The molecule has 0 radical (unpaired) electrons. The third kappa shape index (κ3) is 5.21. The van der Waals surface area contributed by atoms with E-state index in [2.05, 4.69) is 48.4 Å². The van der Waals surface area contributed by atoms with Crippen molar-refractivity contribution in [2.75, 3.05) is 13.1 Å². The van der Waals surface area contributed by atoms with Gasteiger partial charge in [0.25, 0.3) is 0 Å². The molecule has 2 aromatic rings. The molecular weight excluding hydrogens is 352 g/mol. The number of hydrogen-bond donors (Lipinski definition) is 2. The number of H-pyrrole nitrogens is 1. The van der Waals surface area contributed by atoms with Gasteiger partial charge in [0.2, 0.25) is 11.8 Å². The molecule has 1 aliphatic rings. The minimum absolute atomic E-state index is 0.00381. The lowest BCUT2D eigenvalue weighted by Crippen LogP contribution is -2.46. The number of likely N-dealkylation sites (tertiary alicyclic amines) is 1. The number of piperidine rings is 1. The molecule has 1 atom stereocenters. The van der Waals surface area contributed by atoms with E-state index >= 15 is 0 Å². The van der Waals surface area contributed by atoms with Gasteiger partial charge < -0.3 is 10.2 Å². The Bertz CT molecular complexity index is 807. The van der Waals surface area contributed by atoms with Crippen molar-refractivity contribution in [3.8, 4) is 0 Å². The number of aromatic nitrogens is 2. The fraction of sp³-hybridized carbons (Fsp3) is 0.500. The molecule has 6 heteroatoms. The predicted octanol–water partition coefficient (Wildman–Crippen LogP) is 2.80. The molecule has 0 saturated carbocycles. The minimum atomic E-state index is -0.154. The van der Waals surface area contributed by atoms with E-state index in [9.17, 15) is 9.59 Å². The molecule has 0 aliphatic carbocycles. The van der Waals surface area contributed by atoms with Crippen LogP contribution in [0.25, 0.3) is 0 Å². The van der Waals surface area contributed by atoms with E-state index in [0.29, 0.717) is 32.5 Å². The Hall–Kier alpha value is -2.63. The summed E-state index contributed by atoms with van der Waals surface area (Å²) in [6, 6.07) is 12.1. The molecule has 0 spiro atoms. The van der Waals surface area contributed by atoms with E-state index < -0.39 is 0 Å². The molecule has 0 bridgehead atoms. The average Bonchev–Trinajstić information content (AvgIpc) is 3.16. The van der Waals surface area contributed by atoms with Gasteiger partial charge in [-0.2, -0.15) is 5.10 Å².